The fraction of sp³-hybridized carbons (Fsp3) is 0.524. The van der Waals surface area contributed by atoms with Crippen LogP contribution in [0.3, 0.4) is 0 Å². The van der Waals surface area contributed by atoms with Crippen LogP contribution in [0.25, 0.3) is 5.69 Å². The number of aromatic nitrogens is 5. The van der Waals surface area contributed by atoms with E-state index in [1.54, 1.807) is 0 Å². The van der Waals surface area contributed by atoms with Crippen molar-refractivity contribution in [1.82, 2.24) is 29.8 Å². The number of nitrogens with zero attached hydrogens (tertiary/aromatic N) is 6. The Bertz CT molecular complexity index is 1020. The molecule has 1 fully saturated rings. The van der Waals surface area contributed by atoms with Gasteiger partial charge in [-0.05, 0) is 56.0 Å². The zero-order valence-electron chi connectivity index (χ0n) is 16.8. The van der Waals surface area contributed by atoms with Gasteiger partial charge in [0.2, 0.25) is 5.89 Å². The minimum absolute atomic E-state index is 0.372. The highest BCUT2D eigenvalue weighted by Gasteiger charge is 2.32. The number of benzene rings is 1. The molecule has 7 nitrogen and oxygen atoms in total. The molecule has 1 aliphatic carbocycles. The number of rotatable bonds is 3. The fourth-order valence-electron chi connectivity index (χ4n) is 4.67. The molecule has 152 valence electrons. The Balaban J connectivity index is 1.45. The summed E-state index contributed by atoms with van der Waals surface area (Å²) in [6.45, 7) is 6.66. The van der Waals surface area contributed by atoms with Crippen molar-refractivity contribution < 1.29 is 4.52 Å². The summed E-state index contributed by atoms with van der Waals surface area (Å²) in [4.78, 5) is 6.81. The molecular weight excluding hydrogens is 388 g/mol. The Hall–Kier alpha value is -2.25. The Morgan fingerprint density at radius 3 is 2.62 bits per heavy atom. The maximum absolute atomic E-state index is 6.31. The molecule has 0 unspecified atom stereocenters. The molecule has 0 atom stereocenters. The van der Waals surface area contributed by atoms with Crippen molar-refractivity contribution in [2.75, 3.05) is 6.54 Å². The Kier molecular flexibility index (Phi) is 4.87. The van der Waals surface area contributed by atoms with Gasteiger partial charge in [-0.25, -0.2) is 0 Å². The van der Waals surface area contributed by atoms with Crippen LogP contribution in [-0.4, -0.2) is 36.3 Å². The molecule has 0 radical (unpaired) electrons. The summed E-state index contributed by atoms with van der Waals surface area (Å²) >= 11 is 6.31. The molecule has 3 heterocycles. The monoisotopic (exact) mass is 412 g/mol. The summed E-state index contributed by atoms with van der Waals surface area (Å²) < 4.78 is 7.45. The standard InChI is InChI=1S/C21H25ClN6O/c1-3-27-11-16-10-17(22)8-9-18(16)28-19(12-27)24-25-21(28)15-6-4-14(5-7-15)20-23-13(2)29-26-20/h8-10,14-15H,3-7,11-12H2,1-2H3/t14-,15+. The second-order valence-corrected chi connectivity index (χ2v) is 8.54. The highest BCUT2D eigenvalue weighted by atomic mass is 35.5. The molecule has 0 amide bonds. The normalized spacial score (nSPS) is 22.2. The van der Waals surface area contributed by atoms with Crippen LogP contribution in [0, 0.1) is 6.92 Å². The summed E-state index contributed by atoms with van der Waals surface area (Å²) in [5.41, 5.74) is 2.39. The van der Waals surface area contributed by atoms with E-state index < -0.39 is 0 Å². The predicted molar refractivity (Wildman–Crippen MR) is 109 cm³/mol. The van der Waals surface area contributed by atoms with E-state index >= 15 is 0 Å². The molecule has 3 aromatic rings. The lowest BCUT2D eigenvalue weighted by Crippen LogP contribution is -2.21. The minimum Gasteiger partial charge on any atom is -0.340 e. The molecule has 2 aliphatic rings. The quantitative estimate of drug-likeness (QED) is 0.635. The van der Waals surface area contributed by atoms with Gasteiger partial charge in [0.15, 0.2) is 11.6 Å². The molecule has 1 saturated carbocycles. The van der Waals surface area contributed by atoms with Gasteiger partial charge < -0.3 is 4.52 Å². The smallest absolute Gasteiger partial charge is 0.223 e. The van der Waals surface area contributed by atoms with Crippen molar-refractivity contribution in [3.63, 3.8) is 0 Å². The van der Waals surface area contributed by atoms with E-state index in [9.17, 15) is 0 Å². The number of fused-ring (bicyclic) bond motifs is 3. The van der Waals surface area contributed by atoms with Crippen molar-refractivity contribution in [2.45, 2.75) is 64.5 Å². The van der Waals surface area contributed by atoms with Crippen LogP contribution in [-0.2, 0) is 13.1 Å². The molecular formula is C21H25ClN6O. The second kappa shape index (κ2) is 7.54. The van der Waals surface area contributed by atoms with Gasteiger partial charge in [0.1, 0.15) is 5.82 Å². The molecule has 5 rings (SSSR count). The average Bonchev–Trinajstić information content (AvgIpc) is 3.31. The van der Waals surface area contributed by atoms with Crippen LogP contribution in [0.2, 0.25) is 5.02 Å². The Labute approximate surface area is 175 Å². The van der Waals surface area contributed by atoms with E-state index in [1.165, 1.54) is 5.56 Å². The number of hydrogen-bond donors (Lipinski definition) is 0. The van der Waals surface area contributed by atoms with E-state index in [2.05, 4.69) is 48.9 Å². The van der Waals surface area contributed by atoms with E-state index in [1.807, 2.05) is 13.0 Å². The third kappa shape index (κ3) is 3.46. The highest BCUT2D eigenvalue weighted by molar-refractivity contribution is 6.30. The minimum atomic E-state index is 0.372. The Morgan fingerprint density at radius 1 is 1.10 bits per heavy atom. The predicted octanol–water partition coefficient (Wildman–Crippen LogP) is 4.39. The first-order valence-electron chi connectivity index (χ1n) is 10.4. The van der Waals surface area contributed by atoms with E-state index in [0.29, 0.717) is 17.7 Å². The number of aryl methyl sites for hydroxylation is 1. The lowest BCUT2D eigenvalue weighted by atomic mass is 9.81. The van der Waals surface area contributed by atoms with Gasteiger partial charge in [-0.3, -0.25) is 9.47 Å². The van der Waals surface area contributed by atoms with Gasteiger partial charge >= 0.3 is 0 Å². The molecule has 1 aliphatic heterocycles. The summed E-state index contributed by atoms with van der Waals surface area (Å²) in [6, 6.07) is 6.15. The fourth-order valence-corrected chi connectivity index (χ4v) is 4.86. The highest BCUT2D eigenvalue weighted by Crippen LogP contribution is 2.40. The van der Waals surface area contributed by atoms with E-state index in [-0.39, 0.29) is 0 Å². The molecule has 29 heavy (non-hydrogen) atoms. The Morgan fingerprint density at radius 2 is 1.90 bits per heavy atom. The SMILES string of the molecule is CCN1Cc2cc(Cl)ccc2-n2c(nnc2[C@H]2CC[C@@H](c3noc(C)n3)CC2)C1. The molecule has 2 aromatic heterocycles. The van der Waals surface area contributed by atoms with Gasteiger partial charge in [-0.15, -0.1) is 10.2 Å². The summed E-state index contributed by atoms with van der Waals surface area (Å²) in [6.07, 6.45) is 4.19. The summed E-state index contributed by atoms with van der Waals surface area (Å²) in [7, 11) is 0. The van der Waals surface area contributed by atoms with E-state index in [0.717, 1.165) is 73.5 Å². The number of halogens is 1. The molecule has 0 spiro atoms. The first-order chi connectivity index (χ1) is 14.1. The molecule has 0 saturated heterocycles. The summed E-state index contributed by atoms with van der Waals surface area (Å²) in [5.74, 6) is 4.33. The van der Waals surface area contributed by atoms with Crippen molar-refractivity contribution in [1.29, 1.82) is 0 Å². The first-order valence-corrected chi connectivity index (χ1v) is 10.8. The van der Waals surface area contributed by atoms with Crippen LogP contribution in [0.1, 0.15) is 73.4 Å². The molecule has 1 aromatic carbocycles. The summed E-state index contributed by atoms with van der Waals surface area (Å²) in [5, 5.41) is 14.1. The van der Waals surface area contributed by atoms with Crippen LogP contribution >= 0.6 is 11.6 Å². The maximum atomic E-state index is 6.31. The average molecular weight is 413 g/mol. The topological polar surface area (TPSA) is 72.9 Å². The second-order valence-electron chi connectivity index (χ2n) is 8.11. The zero-order chi connectivity index (χ0) is 20.0. The van der Waals surface area contributed by atoms with Gasteiger partial charge in [-0.1, -0.05) is 23.7 Å². The lowest BCUT2D eigenvalue weighted by Gasteiger charge is -2.26. The zero-order valence-corrected chi connectivity index (χ0v) is 17.6. The lowest BCUT2D eigenvalue weighted by molar-refractivity contribution is 0.268. The van der Waals surface area contributed by atoms with Gasteiger partial charge in [0, 0.05) is 30.3 Å². The number of hydrogen-bond acceptors (Lipinski definition) is 6. The van der Waals surface area contributed by atoms with Crippen LogP contribution < -0.4 is 0 Å². The van der Waals surface area contributed by atoms with Crippen LogP contribution in [0.15, 0.2) is 22.7 Å². The third-order valence-corrected chi connectivity index (χ3v) is 6.48. The van der Waals surface area contributed by atoms with Gasteiger partial charge in [-0.2, -0.15) is 4.98 Å². The van der Waals surface area contributed by atoms with E-state index in [4.69, 9.17) is 16.1 Å². The van der Waals surface area contributed by atoms with Crippen molar-refractivity contribution in [3.05, 3.63) is 52.1 Å². The van der Waals surface area contributed by atoms with Gasteiger partial charge in [0.05, 0.1) is 12.2 Å². The van der Waals surface area contributed by atoms with Crippen LogP contribution in [0.4, 0.5) is 0 Å². The van der Waals surface area contributed by atoms with Crippen molar-refractivity contribution in [2.24, 2.45) is 0 Å². The molecule has 0 N–H and O–H groups in total. The van der Waals surface area contributed by atoms with Gasteiger partial charge in [0.25, 0.3) is 0 Å². The van der Waals surface area contributed by atoms with Crippen molar-refractivity contribution in [3.8, 4) is 5.69 Å². The van der Waals surface area contributed by atoms with Crippen molar-refractivity contribution >= 4 is 11.6 Å². The largest absolute Gasteiger partial charge is 0.340 e. The maximum Gasteiger partial charge on any atom is 0.223 e. The molecule has 8 heteroatoms. The third-order valence-electron chi connectivity index (χ3n) is 6.24. The molecule has 0 bridgehead atoms. The first kappa shape index (κ1) is 18.8. The van der Waals surface area contributed by atoms with Crippen LogP contribution in [0.5, 0.6) is 0 Å².